The van der Waals surface area contributed by atoms with Gasteiger partial charge in [0.25, 0.3) is 5.91 Å². The Balaban J connectivity index is 1.60. The molecule has 1 saturated heterocycles. The summed E-state index contributed by atoms with van der Waals surface area (Å²) in [7, 11) is 0. The van der Waals surface area contributed by atoms with E-state index in [4.69, 9.17) is 0 Å². The van der Waals surface area contributed by atoms with Crippen LogP contribution in [0.2, 0.25) is 0 Å². The third-order valence-electron chi connectivity index (χ3n) is 5.25. The quantitative estimate of drug-likeness (QED) is 0.720. The fraction of sp³-hybridized carbons (Fsp3) is 0.273. The highest BCUT2D eigenvalue weighted by Crippen LogP contribution is 2.24. The molecule has 1 aliphatic rings. The minimum atomic E-state index is 0.114. The van der Waals surface area contributed by atoms with E-state index >= 15 is 0 Å². The molecule has 0 radical (unpaired) electrons. The van der Waals surface area contributed by atoms with Crippen LogP contribution in [0.5, 0.6) is 0 Å². The number of fused-ring (bicyclic) bond motifs is 1. The van der Waals surface area contributed by atoms with Crippen LogP contribution in [-0.4, -0.2) is 41.5 Å². The number of anilines is 1. The minimum Gasteiger partial charge on any atom is -0.368 e. The number of benzene rings is 2. The van der Waals surface area contributed by atoms with Gasteiger partial charge in [0.2, 0.25) is 0 Å². The monoisotopic (exact) mass is 345 g/mol. The summed E-state index contributed by atoms with van der Waals surface area (Å²) >= 11 is 0. The number of pyridine rings is 1. The third-order valence-corrected chi connectivity index (χ3v) is 5.25. The molecule has 4 rings (SSSR count). The highest BCUT2D eigenvalue weighted by Gasteiger charge is 2.30. The second-order valence-electron chi connectivity index (χ2n) is 6.74. The lowest BCUT2D eigenvalue weighted by Crippen LogP contribution is -2.55. The number of amides is 1. The van der Waals surface area contributed by atoms with Gasteiger partial charge in [-0.2, -0.15) is 0 Å². The first kappa shape index (κ1) is 16.6. The second kappa shape index (κ2) is 7.16. The van der Waals surface area contributed by atoms with Gasteiger partial charge in [-0.1, -0.05) is 37.3 Å². The number of hydrogen-bond acceptors (Lipinski definition) is 3. The summed E-state index contributed by atoms with van der Waals surface area (Å²) < 4.78 is 0. The first-order valence-corrected chi connectivity index (χ1v) is 9.21. The van der Waals surface area contributed by atoms with E-state index in [0.717, 1.165) is 42.4 Å². The van der Waals surface area contributed by atoms with E-state index in [1.807, 2.05) is 35.2 Å². The Bertz CT molecular complexity index is 904. The SMILES string of the molecule is CCC1CN(c2ccccc2)CCN1C(=O)c1cccc2ccncc12. The maximum absolute atomic E-state index is 13.3. The Kier molecular flexibility index (Phi) is 4.57. The normalized spacial score (nSPS) is 17.5. The predicted octanol–water partition coefficient (Wildman–Crippen LogP) is 3.98. The molecule has 0 bridgehead atoms. The van der Waals surface area contributed by atoms with Crippen molar-refractivity contribution in [2.75, 3.05) is 24.5 Å². The van der Waals surface area contributed by atoms with Crippen LogP contribution >= 0.6 is 0 Å². The van der Waals surface area contributed by atoms with Crippen molar-refractivity contribution in [3.05, 3.63) is 72.6 Å². The minimum absolute atomic E-state index is 0.114. The van der Waals surface area contributed by atoms with Crippen LogP contribution in [0.1, 0.15) is 23.7 Å². The molecule has 2 heterocycles. The van der Waals surface area contributed by atoms with E-state index in [1.54, 1.807) is 12.4 Å². The molecular formula is C22H23N3O. The number of carbonyl (C=O) groups excluding carboxylic acids is 1. The van der Waals surface area contributed by atoms with E-state index in [9.17, 15) is 4.79 Å². The van der Waals surface area contributed by atoms with Crippen LogP contribution in [0.25, 0.3) is 10.8 Å². The van der Waals surface area contributed by atoms with E-state index in [1.165, 1.54) is 5.69 Å². The summed E-state index contributed by atoms with van der Waals surface area (Å²) in [4.78, 5) is 21.9. The largest absolute Gasteiger partial charge is 0.368 e. The number of hydrogen-bond donors (Lipinski definition) is 0. The van der Waals surface area contributed by atoms with E-state index < -0.39 is 0 Å². The number of aromatic nitrogens is 1. The molecule has 4 nitrogen and oxygen atoms in total. The molecular weight excluding hydrogens is 322 g/mol. The summed E-state index contributed by atoms with van der Waals surface area (Å²) in [5, 5.41) is 1.99. The molecule has 0 N–H and O–H groups in total. The first-order valence-electron chi connectivity index (χ1n) is 9.21. The molecule has 4 heteroatoms. The fourth-order valence-electron chi connectivity index (χ4n) is 3.80. The number of para-hydroxylation sites is 1. The Labute approximate surface area is 154 Å². The fourth-order valence-corrected chi connectivity index (χ4v) is 3.80. The van der Waals surface area contributed by atoms with Gasteiger partial charge in [0.1, 0.15) is 0 Å². The Hall–Kier alpha value is -2.88. The Morgan fingerprint density at radius 3 is 2.73 bits per heavy atom. The van der Waals surface area contributed by atoms with Gasteiger partial charge in [-0.3, -0.25) is 9.78 Å². The van der Waals surface area contributed by atoms with Crippen molar-refractivity contribution in [2.45, 2.75) is 19.4 Å². The zero-order valence-corrected chi connectivity index (χ0v) is 15.0. The molecule has 132 valence electrons. The molecule has 0 aliphatic carbocycles. The van der Waals surface area contributed by atoms with E-state index in [-0.39, 0.29) is 11.9 Å². The van der Waals surface area contributed by atoms with Crippen molar-refractivity contribution in [3.63, 3.8) is 0 Å². The molecule has 1 aliphatic heterocycles. The topological polar surface area (TPSA) is 36.4 Å². The van der Waals surface area contributed by atoms with E-state index in [0.29, 0.717) is 0 Å². The number of nitrogens with zero attached hydrogens (tertiary/aromatic N) is 3. The Morgan fingerprint density at radius 1 is 1.08 bits per heavy atom. The van der Waals surface area contributed by atoms with Gasteiger partial charge in [-0.15, -0.1) is 0 Å². The summed E-state index contributed by atoms with van der Waals surface area (Å²) in [6.45, 7) is 4.62. The maximum atomic E-state index is 13.3. The molecule has 1 aromatic heterocycles. The van der Waals surface area contributed by atoms with Crippen LogP contribution in [0.4, 0.5) is 5.69 Å². The van der Waals surface area contributed by atoms with Gasteiger partial charge in [0.15, 0.2) is 0 Å². The van der Waals surface area contributed by atoms with Crippen LogP contribution in [-0.2, 0) is 0 Å². The molecule has 1 amide bonds. The number of piperazine rings is 1. The number of carbonyl (C=O) groups is 1. The molecule has 26 heavy (non-hydrogen) atoms. The third kappa shape index (κ3) is 3.03. The average molecular weight is 345 g/mol. The van der Waals surface area contributed by atoms with E-state index in [2.05, 4.69) is 41.1 Å². The second-order valence-corrected chi connectivity index (χ2v) is 6.74. The lowest BCUT2D eigenvalue weighted by atomic mass is 10.0. The van der Waals surface area contributed by atoms with Crippen molar-refractivity contribution in [2.24, 2.45) is 0 Å². The zero-order valence-electron chi connectivity index (χ0n) is 15.0. The van der Waals surface area contributed by atoms with Crippen LogP contribution in [0, 0.1) is 0 Å². The maximum Gasteiger partial charge on any atom is 0.254 e. The summed E-state index contributed by atoms with van der Waals surface area (Å²) in [5.41, 5.74) is 1.98. The van der Waals surface area contributed by atoms with Crippen LogP contribution < -0.4 is 4.90 Å². The average Bonchev–Trinajstić information content (AvgIpc) is 2.73. The van der Waals surface area contributed by atoms with Gasteiger partial charge < -0.3 is 9.80 Å². The lowest BCUT2D eigenvalue weighted by molar-refractivity contribution is 0.0654. The molecule has 0 spiro atoms. The zero-order chi connectivity index (χ0) is 17.9. The molecule has 2 aromatic carbocycles. The van der Waals surface area contributed by atoms with Crippen LogP contribution in [0.3, 0.4) is 0 Å². The Morgan fingerprint density at radius 2 is 1.92 bits per heavy atom. The van der Waals surface area contributed by atoms with Gasteiger partial charge in [0, 0.05) is 54.7 Å². The lowest BCUT2D eigenvalue weighted by Gasteiger charge is -2.42. The molecule has 0 saturated carbocycles. The van der Waals surface area contributed by atoms with Gasteiger partial charge in [-0.05, 0) is 36.1 Å². The molecule has 1 fully saturated rings. The van der Waals surface area contributed by atoms with Crippen molar-refractivity contribution in [3.8, 4) is 0 Å². The van der Waals surface area contributed by atoms with Gasteiger partial charge in [-0.25, -0.2) is 0 Å². The van der Waals surface area contributed by atoms with Gasteiger partial charge in [0.05, 0.1) is 0 Å². The van der Waals surface area contributed by atoms with Crippen molar-refractivity contribution < 1.29 is 4.79 Å². The highest BCUT2D eigenvalue weighted by atomic mass is 16.2. The standard InChI is InChI=1S/C22H23N3O/c1-2-18-16-24(19-8-4-3-5-9-19)13-14-25(18)22(26)20-10-6-7-17-11-12-23-15-21(17)20/h3-12,15,18H,2,13-14,16H2,1H3. The predicted molar refractivity (Wildman–Crippen MR) is 106 cm³/mol. The first-order chi connectivity index (χ1) is 12.8. The molecule has 1 atom stereocenters. The summed E-state index contributed by atoms with van der Waals surface area (Å²) in [5.74, 6) is 0.114. The van der Waals surface area contributed by atoms with Crippen molar-refractivity contribution in [1.29, 1.82) is 0 Å². The number of rotatable bonds is 3. The van der Waals surface area contributed by atoms with Gasteiger partial charge >= 0.3 is 0 Å². The summed E-state index contributed by atoms with van der Waals surface area (Å²) in [6, 6.07) is 18.5. The van der Waals surface area contributed by atoms with Crippen molar-refractivity contribution in [1.82, 2.24) is 9.88 Å². The highest BCUT2D eigenvalue weighted by molar-refractivity contribution is 6.06. The van der Waals surface area contributed by atoms with Crippen LogP contribution in [0.15, 0.2) is 67.0 Å². The molecule has 1 unspecified atom stereocenters. The van der Waals surface area contributed by atoms with Crippen molar-refractivity contribution >= 4 is 22.4 Å². The molecule has 3 aromatic rings. The summed E-state index contributed by atoms with van der Waals surface area (Å²) in [6.07, 6.45) is 4.51. The smallest absolute Gasteiger partial charge is 0.254 e.